The van der Waals surface area contributed by atoms with Crippen LogP contribution in [0.5, 0.6) is 0 Å². The highest BCUT2D eigenvalue weighted by molar-refractivity contribution is 7.16. The SMILES string of the molecule is CCC(CC)(CCO)CNC(=O)c1cnc(-c2ncccn2)s1. The largest absolute Gasteiger partial charge is 0.396 e. The van der Waals surface area contributed by atoms with Crippen LogP contribution in [0.3, 0.4) is 0 Å². The summed E-state index contributed by atoms with van der Waals surface area (Å²) < 4.78 is 0. The van der Waals surface area contributed by atoms with Gasteiger partial charge in [-0.1, -0.05) is 13.8 Å². The summed E-state index contributed by atoms with van der Waals surface area (Å²) in [5, 5.41) is 12.8. The van der Waals surface area contributed by atoms with Gasteiger partial charge in [0, 0.05) is 25.5 Å². The van der Waals surface area contributed by atoms with E-state index >= 15 is 0 Å². The minimum atomic E-state index is -0.145. The van der Waals surface area contributed by atoms with Gasteiger partial charge in [-0.3, -0.25) is 4.79 Å². The summed E-state index contributed by atoms with van der Waals surface area (Å²) in [7, 11) is 0. The second-order valence-electron chi connectivity index (χ2n) is 5.47. The number of aliphatic hydroxyl groups excluding tert-OH is 1. The third kappa shape index (κ3) is 4.33. The first-order valence-corrected chi connectivity index (χ1v) is 8.58. The summed E-state index contributed by atoms with van der Waals surface area (Å²) in [6.07, 6.45) is 7.36. The topological polar surface area (TPSA) is 88.0 Å². The molecular formula is C16H22N4O2S. The quantitative estimate of drug-likeness (QED) is 0.774. The molecular weight excluding hydrogens is 312 g/mol. The first-order valence-electron chi connectivity index (χ1n) is 7.76. The summed E-state index contributed by atoms with van der Waals surface area (Å²) in [5.74, 6) is 0.377. The lowest BCUT2D eigenvalue weighted by Gasteiger charge is -2.31. The van der Waals surface area contributed by atoms with Crippen LogP contribution in [0, 0.1) is 5.41 Å². The molecule has 2 aromatic heterocycles. The fourth-order valence-corrected chi connectivity index (χ4v) is 3.21. The van der Waals surface area contributed by atoms with Crippen LogP contribution in [0.15, 0.2) is 24.7 Å². The molecule has 0 radical (unpaired) electrons. The van der Waals surface area contributed by atoms with Gasteiger partial charge in [-0.15, -0.1) is 11.3 Å². The van der Waals surface area contributed by atoms with Gasteiger partial charge in [-0.2, -0.15) is 0 Å². The molecule has 0 aliphatic rings. The van der Waals surface area contributed by atoms with Crippen LogP contribution in [-0.2, 0) is 0 Å². The van der Waals surface area contributed by atoms with Crippen molar-refractivity contribution in [1.82, 2.24) is 20.3 Å². The number of carbonyl (C=O) groups is 1. The van der Waals surface area contributed by atoms with Crippen LogP contribution in [0.1, 0.15) is 42.8 Å². The third-order valence-electron chi connectivity index (χ3n) is 4.25. The van der Waals surface area contributed by atoms with E-state index in [4.69, 9.17) is 0 Å². The number of thiazole rings is 1. The molecule has 6 nitrogen and oxygen atoms in total. The minimum Gasteiger partial charge on any atom is -0.396 e. The Balaban J connectivity index is 2.03. The molecule has 0 aromatic carbocycles. The molecule has 124 valence electrons. The zero-order chi connectivity index (χ0) is 16.7. The van der Waals surface area contributed by atoms with Crippen LogP contribution in [0.4, 0.5) is 0 Å². The number of hydrogen-bond acceptors (Lipinski definition) is 6. The first-order chi connectivity index (χ1) is 11.1. The van der Waals surface area contributed by atoms with Gasteiger partial charge in [-0.25, -0.2) is 15.0 Å². The standard InChI is InChI=1S/C16H22N4O2S/c1-3-16(4-2,6-9-21)11-20-14(22)12-10-19-15(23-12)13-17-7-5-8-18-13/h5,7-8,10,21H,3-4,6,9,11H2,1-2H3,(H,20,22). The highest BCUT2D eigenvalue weighted by Crippen LogP contribution is 2.29. The van der Waals surface area contributed by atoms with Crippen molar-refractivity contribution in [2.75, 3.05) is 13.2 Å². The Bertz CT molecular complexity index is 626. The molecule has 0 saturated heterocycles. The van der Waals surface area contributed by atoms with Gasteiger partial charge < -0.3 is 10.4 Å². The Hall–Kier alpha value is -1.86. The average Bonchev–Trinajstić information content (AvgIpc) is 3.09. The first kappa shape index (κ1) is 17.5. The van der Waals surface area contributed by atoms with Crippen molar-refractivity contribution in [3.8, 4) is 10.8 Å². The summed E-state index contributed by atoms with van der Waals surface area (Å²) in [5.41, 5.74) is -0.0551. The van der Waals surface area contributed by atoms with Gasteiger partial charge in [0.2, 0.25) is 0 Å². The van der Waals surface area contributed by atoms with E-state index in [1.165, 1.54) is 11.3 Å². The molecule has 0 saturated carbocycles. The number of amides is 1. The lowest BCUT2D eigenvalue weighted by molar-refractivity contribution is 0.0911. The van der Waals surface area contributed by atoms with Crippen LogP contribution in [-0.4, -0.2) is 39.1 Å². The van der Waals surface area contributed by atoms with Crippen LogP contribution in [0.2, 0.25) is 0 Å². The van der Waals surface area contributed by atoms with Crippen molar-refractivity contribution >= 4 is 17.2 Å². The van der Waals surface area contributed by atoms with Gasteiger partial charge in [0.1, 0.15) is 4.88 Å². The maximum atomic E-state index is 12.3. The van der Waals surface area contributed by atoms with Crippen LogP contribution < -0.4 is 5.32 Å². The number of nitrogens with zero attached hydrogens (tertiary/aromatic N) is 3. The van der Waals surface area contributed by atoms with E-state index in [1.807, 2.05) is 0 Å². The highest BCUT2D eigenvalue weighted by atomic mass is 32.1. The Labute approximate surface area is 140 Å². The molecule has 2 rings (SSSR count). The Morgan fingerprint density at radius 3 is 2.57 bits per heavy atom. The second kappa shape index (κ2) is 8.12. The number of nitrogens with one attached hydrogen (secondary N) is 1. The van der Waals surface area contributed by atoms with Crippen molar-refractivity contribution in [3.63, 3.8) is 0 Å². The zero-order valence-corrected chi connectivity index (χ0v) is 14.3. The Morgan fingerprint density at radius 2 is 1.96 bits per heavy atom. The summed E-state index contributed by atoms with van der Waals surface area (Å²) >= 11 is 1.28. The number of aromatic nitrogens is 3. The molecule has 0 unspecified atom stereocenters. The fraction of sp³-hybridized carbons (Fsp3) is 0.500. The third-order valence-corrected chi connectivity index (χ3v) is 5.24. The molecule has 0 aliphatic carbocycles. The molecule has 0 fully saturated rings. The molecule has 2 heterocycles. The van der Waals surface area contributed by atoms with Crippen molar-refractivity contribution in [3.05, 3.63) is 29.5 Å². The van der Waals surface area contributed by atoms with Crippen LogP contribution >= 0.6 is 11.3 Å². The van der Waals surface area contributed by atoms with Crippen molar-refractivity contribution < 1.29 is 9.90 Å². The van der Waals surface area contributed by atoms with E-state index in [0.29, 0.717) is 28.7 Å². The summed E-state index contributed by atoms with van der Waals surface area (Å²) in [4.78, 5) is 25.4. The van der Waals surface area contributed by atoms with E-state index in [0.717, 1.165) is 12.8 Å². The van der Waals surface area contributed by atoms with Gasteiger partial charge >= 0.3 is 0 Å². The van der Waals surface area contributed by atoms with Gasteiger partial charge in [0.05, 0.1) is 6.20 Å². The number of hydrogen-bond donors (Lipinski definition) is 2. The van der Waals surface area contributed by atoms with E-state index in [1.54, 1.807) is 24.7 Å². The Kier molecular flexibility index (Phi) is 6.18. The molecule has 0 bridgehead atoms. The molecule has 23 heavy (non-hydrogen) atoms. The molecule has 0 spiro atoms. The minimum absolute atomic E-state index is 0.0551. The number of aliphatic hydroxyl groups is 1. The summed E-state index contributed by atoms with van der Waals surface area (Å²) in [6.45, 7) is 4.85. The lowest BCUT2D eigenvalue weighted by Crippen LogP contribution is -2.37. The molecule has 1 amide bonds. The molecule has 2 aromatic rings. The van der Waals surface area contributed by atoms with Gasteiger partial charge in [0.15, 0.2) is 10.8 Å². The maximum Gasteiger partial charge on any atom is 0.263 e. The molecule has 0 aliphatic heterocycles. The normalized spacial score (nSPS) is 11.4. The number of rotatable bonds is 8. The van der Waals surface area contributed by atoms with Crippen molar-refractivity contribution in [1.29, 1.82) is 0 Å². The van der Waals surface area contributed by atoms with Crippen molar-refractivity contribution in [2.45, 2.75) is 33.1 Å². The maximum absolute atomic E-state index is 12.3. The zero-order valence-electron chi connectivity index (χ0n) is 13.5. The molecule has 2 N–H and O–H groups in total. The van der Waals surface area contributed by atoms with Crippen molar-refractivity contribution in [2.24, 2.45) is 5.41 Å². The molecule has 7 heteroatoms. The van der Waals surface area contributed by atoms with Gasteiger partial charge in [0.25, 0.3) is 5.91 Å². The highest BCUT2D eigenvalue weighted by Gasteiger charge is 2.26. The van der Waals surface area contributed by atoms with E-state index < -0.39 is 0 Å². The predicted molar refractivity (Wildman–Crippen MR) is 90.2 cm³/mol. The van der Waals surface area contributed by atoms with E-state index in [9.17, 15) is 9.90 Å². The number of carbonyl (C=O) groups excluding carboxylic acids is 1. The smallest absolute Gasteiger partial charge is 0.263 e. The molecule has 0 atom stereocenters. The second-order valence-corrected chi connectivity index (χ2v) is 6.50. The summed E-state index contributed by atoms with van der Waals surface area (Å²) in [6, 6.07) is 1.74. The monoisotopic (exact) mass is 334 g/mol. The van der Waals surface area contributed by atoms with E-state index in [-0.39, 0.29) is 17.9 Å². The average molecular weight is 334 g/mol. The van der Waals surface area contributed by atoms with Gasteiger partial charge in [-0.05, 0) is 30.7 Å². The Morgan fingerprint density at radius 1 is 1.26 bits per heavy atom. The lowest BCUT2D eigenvalue weighted by atomic mass is 9.79. The predicted octanol–water partition coefficient (Wildman–Crippen LogP) is 2.52. The fourth-order valence-electron chi connectivity index (χ4n) is 2.43. The van der Waals surface area contributed by atoms with Crippen LogP contribution in [0.25, 0.3) is 10.8 Å². The van der Waals surface area contributed by atoms with E-state index in [2.05, 4.69) is 34.1 Å².